The molecular weight excluding hydrogens is 244 g/mol. The predicted molar refractivity (Wildman–Crippen MR) is 64.2 cm³/mol. The molecule has 0 saturated heterocycles. The van der Waals surface area contributed by atoms with Crippen molar-refractivity contribution in [1.29, 1.82) is 0 Å². The van der Waals surface area contributed by atoms with E-state index in [4.69, 9.17) is 5.11 Å². The minimum absolute atomic E-state index is 0.0349. The van der Waals surface area contributed by atoms with E-state index in [0.29, 0.717) is 12.1 Å². The Morgan fingerprint density at radius 1 is 1.29 bits per heavy atom. The number of benzene rings is 1. The zero-order valence-corrected chi connectivity index (χ0v) is 10.1. The van der Waals surface area contributed by atoms with Gasteiger partial charge in [-0.1, -0.05) is 6.92 Å². The molecule has 7 heteroatoms. The van der Waals surface area contributed by atoms with Crippen molar-refractivity contribution in [3.63, 3.8) is 0 Å². The highest BCUT2D eigenvalue weighted by atomic mass is 32.2. The molecule has 17 heavy (non-hydrogen) atoms. The molecule has 0 spiro atoms. The molecule has 0 fully saturated rings. The van der Waals surface area contributed by atoms with E-state index >= 15 is 0 Å². The summed E-state index contributed by atoms with van der Waals surface area (Å²) in [4.78, 5) is 12.8. The van der Waals surface area contributed by atoms with Gasteiger partial charge in [0.2, 0.25) is 10.0 Å². The summed E-state index contributed by atoms with van der Waals surface area (Å²) in [7, 11) is -3.33. The largest absolute Gasteiger partial charge is 0.478 e. The van der Waals surface area contributed by atoms with Crippen molar-refractivity contribution in [1.82, 2.24) is 4.83 Å². The second-order valence-corrected chi connectivity index (χ2v) is 5.27. The van der Waals surface area contributed by atoms with Crippen molar-refractivity contribution in [3.8, 4) is 0 Å². The summed E-state index contributed by atoms with van der Waals surface area (Å²) >= 11 is 0. The van der Waals surface area contributed by atoms with E-state index in [-0.39, 0.29) is 11.3 Å². The molecule has 1 aromatic carbocycles. The van der Waals surface area contributed by atoms with Crippen molar-refractivity contribution in [2.75, 3.05) is 11.2 Å². The Labute approximate surface area is 99.7 Å². The second-order valence-electron chi connectivity index (χ2n) is 3.43. The van der Waals surface area contributed by atoms with Gasteiger partial charge in [-0.05, 0) is 30.7 Å². The first-order chi connectivity index (χ1) is 7.94. The second kappa shape index (κ2) is 5.65. The van der Waals surface area contributed by atoms with E-state index in [1.807, 2.05) is 0 Å². The Kier molecular flexibility index (Phi) is 4.47. The number of anilines is 1. The predicted octanol–water partition coefficient (Wildman–Crippen LogP) is 1.04. The van der Waals surface area contributed by atoms with Crippen molar-refractivity contribution >= 4 is 21.7 Å². The van der Waals surface area contributed by atoms with Crippen LogP contribution in [0.4, 0.5) is 5.69 Å². The number of rotatable bonds is 6. The van der Waals surface area contributed by atoms with Gasteiger partial charge in [0.05, 0.1) is 11.3 Å². The van der Waals surface area contributed by atoms with Crippen LogP contribution in [0.3, 0.4) is 0 Å². The summed E-state index contributed by atoms with van der Waals surface area (Å²) in [5, 5.41) is 8.67. The lowest BCUT2D eigenvalue weighted by Gasteiger charge is -2.08. The maximum atomic E-state index is 11.3. The van der Waals surface area contributed by atoms with Crippen LogP contribution >= 0.6 is 0 Å². The highest BCUT2D eigenvalue weighted by Crippen LogP contribution is 2.08. The number of carboxylic acids is 1. The maximum absolute atomic E-state index is 11.3. The SMILES string of the molecule is CCCS(=O)(=O)NNc1ccc(C(=O)O)cc1. The maximum Gasteiger partial charge on any atom is 0.335 e. The first-order valence-electron chi connectivity index (χ1n) is 5.03. The molecule has 1 aromatic rings. The molecule has 0 heterocycles. The highest BCUT2D eigenvalue weighted by molar-refractivity contribution is 7.89. The van der Waals surface area contributed by atoms with Crippen LogP contribution in [0.5, 0.6) is 0 Å². The summed E-state index contributed by atoms with van der Waals surface area (Å²) in [6, 6.07) is 5.74. The van der Waals surface area contributed by atoms with Crippen LogP contribution in [0.1, 0.15) is 23.7 Å². The van der Waals surface area contributed by atoms with Gasteiger partial charge in [-0.15, -0.1) is 4.83 Å². The average Bonchev–Trinajstić information content (AvgIpc) is 2.27. The first-order valence-corrected chi connectivity index (χ1v) is 6.68. The topological polar surface area (TPSA) is 95.5 Å². The Bertz CT molecular complexity index is 482. The summed E-state index contributed by atoms with van der Waals surface area (Å²) in [6.07, 6.45) is 0.523. The standard InChI is InChI=1S/C10H14N2O4S/c1-2-7-17(15,16)12-11-9-5-3-8(4-6-9)10(13)14/h3-6,11-12H,2,7H2,1H3,(H,13,14). The Balaban J connectivity index is 2.62. The lowest BCUT2D eigenvalue weighted by atomic mass is 10.2. The number of aromatic carboxylic acids is 1. The molecule has 6 nitrogen and oxygen atoms in total. The lowest BCUT2D eigenvalue weighted by Crippen LogP contribution is -2.31. The van der Waals surface area contributed by atoms with Crippen LogP contribution in [0.2, 0.25) is 0 Å². The van der Waals surface area contributed by atoms with Gasteiger partial charge in [0, 0.05) is 5.69 Å². The highest BCUT2D eigenvalue weighted by Gasteiger charge is 2.07. The fourth-order valence-corrected chi connectivity index (χ4v) is 2.07. The molecule has 0 saturated carbocycles. The van der Waals surface area contributed by atoms with Crippen LogP contribution in [-0.4, -0.2) is 25.2 Å². The number of hydrogen-bond acceptors (Lipinski definition) is 4. The zero-order valence-electron chi connectivity index (χ0n) is 9.30. The number of nitrogens with one attached hydrogen (secondary N) is 2. The summed E-state index contributed by atoms with van der Waals surface area (Å²) in [5.41, 5.74) is 3.13. The van der Waals surface area contributed by atoms with E-state index in [2.05, 4.69) is 10.3 Å². The molecule has 0 bridgehead atoms. The molecular formula is C10H14N2O4S. The van der Waals surface area contributed by atoms with Crippen LogP contribution in [0.25, 0.3) is 0 Å². The lowest BCUT2D eigenvalue weighted by molar-refractivity contribution is 0.0697. The zero-order chi connectivity index (χ0) is 12.9. The van der Waals surface area contributed by atoms with Gasteiger partial charge in [-0.25, -0.2) is 13.2 Å². The van der Waals surface area contributed by atoms with E-state index in [0.717, 1.165) is 0 Å². The van der Waals surface area contributed by atoms with Crippen LogP contribution < -0.4 is 10.3 Å². The van der Waals surface area contributed by atoms with Gasteiger partial charge in [-0.2, -0.15) is 0 Å². The third-order valence-corrected chi connectivity index (χ3v) is 3.31. The van der Waals surface area contributed by atoms with Gasteiger partial charge in [0.1, 0.15) is 0 Å². The van der Waals surface area contributed by atoms with E-state index < -0.39 is 16.0 Å². The average molecular weight is 258 g/mol. The van der Waals surface area contributed by atoms with E-state index in [1.165, 1.54) is 24.3 Å². The molecule has 0 aliphatic rings. The summed E-state index contributed by atoms with van der Waals surface area (Å²) in [6.45, 7) is 1.76. The van der Waals surface area contributed by atoms with Crippen molar-refractivity contribution < 1.29 is 18.3 Å². The third kappa shape index (κ3) is 4.41. The smallest absolute Gasteiger partial charge is 0.335 e. The van der Waals surface area contributed by atoms with Crippen LogP contribution in [-0.2, 0) is 10.0 Å². The minimum atomic E-state index is -3.33. The van der Waals surface area contributed by atoms with Crippen molar-refractivity contribution in [2.45, 2.75) is 13.3 Å². The molecule has 0 atom stereocenters. The summed E-state index contributed by atoms with van der Waals surface area (Å²) < 4.78 is 22.6. The van der Waals surface area contributed by atoms with E-state index in [9.17, 15) is 13.2 Å². The monoisotopic (exact) mass is 258 g/mol. The number of hydrazine groups is 1. The molecule has 0 unspecified atom stereocenters. The Morgan fingerprint density at radius 3 is 2.35 bits per heavy atom. The van der Waals surface area contributed by atoms with Crippen molar-refractivity contribution in [2.24, 2.45) is 0 Å². The third-order valence-electron chi connectivity index (χ3n) is 1.96. The molecule has 0 amide bonds. The quantitative estimate of drug-likeness (QED) is 0.663. The molecule has 0 radical (unpaired) electrons. The molecule has 94 valence electrons. The fraction of sp³-hybridized carbons (Fsp3) is 0.300. The molecule has 3 N–H and O–H groups in total. The fourth-order valence-electron chi connectivity index (χ4n) is 1.15. The molecule has 1 rings (SSSR count). The van der Waals surface area contributed by atoms with Crippen molar-refractivity contribution in [3.05, 3.63) is 29.8 Å². The van der Waals surface area contributed by atoms with E-state index in [1.54, 1.807) is 6.92 Å². The number of hydrogen-bond donors (Lipinski definition) is 3. The molecule has 0 aliphatic heterocycles. The van der Waals surface area contributed by atoms with Gasteiger partial charge < -0.3 is 10.5 Å². The number of carboxylic acid groups (broad SMARTS) is 1. The van der Waals surface area contributed by atoms with Gasteiger partial charge in [0.15, 0.2) is 0 Å². The van der Waals surface area contributed by atoms with Crippen LogP contribution in [0.15, 0.2) is 24.3 Å². The number of sulfonamides is 1. The van der Waals surface area contributed by atoms with Gasteiger partial charge in [0.25, 0.3) is 0 Å². The summed E-state index contributed by atoms with van der Waals surface area (Å²) in [5.74, 6) is -0.990. The minimum Gasteiger partial charge on any atom is -0.478 e. The van der Waals surface area contributed by atoms with Crippen LogP contribution in [0, 0.1) is 0 Å². The Hall–Kier alpha value is -1.60. The van der Waals surface area contributed by atoms with Gasteiger partial charge in [-0.3, -0.25) is 0 Å². The first kappa shape index (κ1) is 13.5. The number of carbonyl (C=O) groups is 1. The normalized spacial score (nSPS) is 11.1. The molecule has 0 aliphatic carbocycles. The van der Waals surface area contributed by atoms with Gasteiger partial charge >= 0.3 is 5.97 Å². The Morgan fingerprint density at radius 2 is 1.88 bits per heavy atom. The molecule has 0 aromatic heterocycles.